The summed E-state index contributed by atoms with van der Waals surface area (Å²) in [6.45, 7) is -0.652. The van der Waals surface area contributed by atoms with Gasteiger partial charge in [0.25, 0.3) is 10.0 Å². The maximum atomic E-state index is 13.9. The normalized spacial score (nSPS) is 11.5. The van der Waals surface area contributed by atoms with E-state index in [1.54, 1.807) is 0 Å². The molecule has 0 unspecified atom stereocenters. The molecule has 1 aromatic heterocycles. The summed E-state index contributed by atoms with van der Waals surface area (Å²) in [5, 5.41) is 15.0. The Kier molecular flexibility index (Phi) is 3.74. The highest BCUT2D eigenvalue weighted by atomic mass is 35.5. The Morgan fingerprint density at radius 1 is 1.47 bits per heavy atom. The molecule has 3 N–H and O–H groups in total. The highest BCUT2D eigenvalue weighted by Crippen LogP contribution is 2.25. The van der Waals surface area contributed by atoms with Gasteiger partial charge in [-0.3, -0.25) is 9.82 Å². The van der Waals surface area contributed by atoms with Crippen molar-refractivity contribution >= 4 is 27.3 Å². The summed E-state index contributed by atoms with van der Waals surface area (Å²) in [6.07, 6.45) is 2.53. The number of nitrogens with zero attached hydrogens (tertiary/aromatic N) is 1. The summed E-state index contributed by atoms with van der Waals surface area (Å²) in [5.41, 5.74) is -0.0370. The van der Waals surface area contributed by atoms with Crippen LogP contribution in [0.25, 0.3) is 0 Å². The molecule has 0 aliphatic heterocycles. The molecule has 19 heavy (non-hydrogen) atoms. The van der Waals surface area contributed by atoms with E-state index in [0.29, 0.717) is 0 Å². The van der Waals surface area contributed by atoms with E-state index in [9.17, 15) is 12.8 Å². The van der Waals surface area contributed by atoms with Crippen LogP contribution in [0.4, 0.5) is 10.1 Å². The quantitative estimate of drug-likeness (QED) is 0.797. The van der Waals surface area contributed by atoms with Gasteiger partial charge in [0, 0.05) is 16.8 Å². The number of hydrogen-bond acceptors (Lipinski definition) is 4. The van der Waals surface area contributed by atoms with E-state index in [1.807, 2.05) is 0 Å². The third kappa shape index (κ3) is 2.86. The number of aromatic nitrogens is 2. The number of halogens is 2. The predicted molar refractivity (Wildman–Crippen MR) is 66.7 cm³/mol. The highest BCUT2D eigenvalue weighted by Gasteiger charge is 2.22. The lowest BCUT2D eigenvalue weighted by atomic mass is 10.2. The number of anilines is 1. The van der Waals surface area contributed by atoms with Crippen LogP contribution in [0.15, 0.2) is 29.4 Å². The van der Waals surface area contributed by atoms with Gasteiger partial charge in [-0.15, -0.1) is 0 Å². The molecule has 0 fully saturated rings. The van der Waals surface area contributed by atoms with Gasteiger partial charge in [-0.05, 0) is 12.1 Å². The van der Waals surface area contributed by atoms with Gasteiger partial charge in [0.1, 0.15) is 10.7 Å². The lowest BCUT2D eigenvalue weighted by molar-refractivity contribution is 0.274. The van der Waals surface area contributed by atoms with Crippen LogP contribution < -0.4 is 4.72 Å². The maximum Gasteiger partial charge on any atom is 0.264 e. The second-order valence-corrected chi connectivity index (χ2v) is 5.71. The Labute approximate surface area is 113 Å². The molecule has 0 aliphatic carbocycles. The van der Waals surface area contributed by atoms with E-state index in [2.05, 4.69) is 14.9 Å². The monoisotopic (exact) mass is 305 g/mol. The minimum absolute atomic E-state index is 0.0121. The van der Waals surface area contributed by atoms with Crippen molar-refractivity contribution in [3.05, 3.63) is 40.9 Å². The molecule has 1 aromatic carbocycles. The van der Waals surface area contributed by atoms with Gasteiger partial charge >= 0.3 is 0 Å². The molecule has 102 valence electrons. The number of aliphatic hydroxyl groups is 1. The fourth-order valence-electron chi connectivity index (χ4n) is 1.45. The summed E-state index contributed by atoms with van der Waals surface area (Å²) >= 11 is 5.70. The smallest absolute Gasteiger partial charge is 0.264 e. The van der Waals surface area contributed by atoms with Crippen molar-refractivity contribution in [3.8, 4) is 0 Å². The summed E-state index contributed by atoms with van der Waals surface area (Å²) in [7, 11) is -4.15. The van der Waals surface area contributed by atoms with E-state index < -0.39 is 27.3 Å². The summed E-state index contributed by atoms with van der Waals surface area (Å²) < 4.78 is 40.1. The number of aromatic amines is 1. The molecule has 0 saturated heterocycles. The Balaban J connectivity index is 2.48. The van der Waals surface area contributed by atoms with Gasteiger partial charge in [-0.2, -0.15) is 5.10 Å². The van der Waals surface area contributed by atoms with Crippen molar-refractivity contribution < 1.29 is 17.9 Å². The first-order valence-electron chi connectivity index (χ1n) is 5.04. The molecule has 0 bridgehead atoms. The first-order valence-corrected chi connectivity index (χ1v) is 6.90. The molecule has 2 rings (SSSR count). The zero-order valence-electron chi connectivity index (χ0n) is 9.39. The standard InChI is InChI=1S/C10H9ClFN3O3S/c11-7-1-6(5-16)10(12)9(2-7)19(17,18)15-8-3-13-14-4-8/h1-4,15-16H,5H2,(H,13,14). The number of H-pyrrole nitrogens is 1. The molecule has 0 saturated carbocycles. The molecule has 0 atom stereocenters. The lowest BCUT2D eigenvalue weighted by Crippen LogP contribution is -2.15. The molecule has 0 radical (unpaired) electrons. The third-order valence-electron chi connectivity index (χ3n) is 2.29. The van der Waals surface area contributed by atoms with Crippen LogP contribution in [0, 0.1) is 5.82 Å². The van der Waals surface area contributed by atoms with Gasteiger partial charge in [-0.25, -0.2) is 12.8 Å². The van der Waals surface area contributed by atoms with Crippen LogP contribution >= 0.6 is 11.6 Å². The zero-order valence-corrected chi connectivity index (χ0v) is 11.0. The highest BCUT2D eigenvalue weighted by molar-refractivity contribution is 7.92. The van der Waals surface area contributed by atoms with Gasteiger partial charge in [0.15, 0.2) is 0 Å². The third-order valence-corrected chi connectivity index (χ3v) is 3.89. The summed E-state index contributed by atoms with van der Waals surface area (Å²) in [5.74, 6) is -1.04. The molecule has 1 heterocycles. The van der Waals surface area contributed by atoms with Crippen LogP contribution in [0.5, 0.6) is 0 Å². The average Bonchev–Trinajstić information content (AvgIpc) is 2.83. The number of sulfonamides is 1. The Morgan fingerprint density at radius 3 is 2.79 bits per heavy atom. The molecule has 6 nitrogen and oxygen atoms in total. The molecular weight excluding hydrogens is 297 g/mol. The summed E-state index contributed by atoms with van der Waals surface area (Å²) in [6, 6.07) is 2.13. The molecule has 2 aromatic rings. The zero-order chi connectivity index (χ0) is 14.0. The van der Waals surface area contributed by atoms with Crippen molar-refractivity contribution in [1.82, 2.24) is 10.2 Å². The second-order valence-electron chi connectivity index (χ2n) is 3.63. The first kappa shape index (κ1) is 13.8. The topological polar surface area (TPSA) is 95.1 Å². The number of rotatable bonds is 4. The van der Waals surface area contributed by atoms with Crippen LogP contribution in [0.2, 0.25) is 5.02 Å². The van der Waals surface area contributed by atoms with Crippen LogP contribution in [-0.2, 0) is 16.6 Å². The average molecular weight is 306 g/mol. The number of hydrogen-bond donors (Lipinski definition) is 3. The van der Waals surface area contributed by atoms with Crippen molar-refractivity contribution in [2.45, 2.75) is 11.5 Å². The molecule has 9 heteroatoms. The van der Waals surface area contributed by atoms with Crippen molar-refractivity contribution in [2.24, 2.45) is 0 Å². The fraction of sp³-hybridized carbons (Fsp3) is 0.100. The predicted octanol–water partition coefficient (Wildman–Crippen LogP) is 1.50. The Bertz CT molecular complexity index is 688. The van der Waals surface area contributed by atoms with Crippen LogP contribution in [0.3, 0.4) is 0 Å². The van der Waals surface area contributed by atoms with Crippen molar-refractivity contribution in [1.29, 1.82) is 0 Å². The van der Waals surface area contributed by atoms with Gasteiger partial charge in [0.05, 0.1) is 18.5 Å². The van der Waals surface area contributed by atoms with E-state index in [-0.39, 0.29) is 16.3 Å². The van der Waals surface area contributed by atoms with Gasteiger partial charge in [0.2, 0.25) is 0 Å². The van der Waals surface area contributed by atoms with E-state index in [1.165, 1.54) is 12.4 Å². The fourth-order valence-corrected chi connectivity index (χ4v) is 2.93. The minimum atomic E-state index is -4.15. The van der Waals surface area contributed by atoms with Gasteiger partial charge in [-0.1, -0.05) is 11.6 Å². The molecule has 0 aliphatic rings. The Hall–Kier alpha value is -1.64. The maximum absolute atomic E-state index is 13.9. The minimum Gasteiger partial charge on any atom is -0.392 e. The Morgan fingerprint density at radius 2 is 2.21 bits per heavy atom. The number of benzene rings is 1. The van der Waals surface area contributed by atoms with E-state index in [0.717, 1.165) is 12.1 Å². The lowest BCUT2D eigenvalue weighted by Gasteiger charge is -2.09. The number of nitrogens with one attached hydrogen (secondary N) is 2. The SMILES string of the molecule is O=S(=O)(Nc1cn[nH]c1)c1cc(Cl)cc(CO)c1F. The van der Waals surface area contributed by atoms with E-state index in [4.69, 9.17) is 16.7 Å². The molecule has 0 amide bonds. The second kappa shape index (κ2) is 5.16. The van der Waals surface area contributed by atoms with Crippen molar-refractivity contribution in [2.75, 3.05) is 4.72 Å². The largest absolute Gasteiger partial charge is 0.392 e. The number of aliphatic hydroxyl groups excluding tert-OH is 1. The first-order chi connectivity index (χ1) is 8.94. The van der Waals surface area contributed by atoms with Crippen LogP contribution in [0.1, 0.15) is 5.56 Å². The van der Waals surface area contributed by atoms with E-state index >= 15 is 0 Å². The van der Waals surface area contributed by atoms with Crippen molar-refractivity contribution in [3.63, 3.8) is 0 Å². The molecule has 0 spiro atoms. The van der Waals surface area contributed by atoms with Crippen LogP contribution in [-0.4, -0.2) is 23.7 Å². The van der Waals surface area contributed by atoms with Gasteiger partial charge < -0.3 is 5.11 Å². The molecular formula is C10H9ClFN3O3S. The summed E-state index contributed by atoms with van der Waals surface area (Å²) in [4.78, 5) is -0.634.